The summed E-state index contributed by atoms with van der Waals surface area (Å²) in [5.41, 5.74) is -0.805. The van der Waals surface area contributed by atoms with Gasteiger partial charge in [0.15, 0.2) is 0 Å². The quantitative estimate of drug-likeness (QED) is 0.862. The van der Waals surface area contributed by atoms with E-state index in [4.69, 9.17) is 0 Å². The molecule has 1 saturated heterocycles. The molecule has 0 radical (unpaired) electrons. The fourth-order valence-corrected chi connectivity index (χ4v) is 3.09. The van der Waals surface area contributed by atoms with E-state index in [1.165, 1.54) is 4.90 Å². The molecule has 0 saturated carbocycles. The van der Waals surface area contributed by atoms with Crippen LogP contribution in [0.1, 0.15) is 20.8 Å². The Labute approximate surface area is 123 Å². The lowest BCUT2D eigenvalue weighted by Crippen LogP contribution is -2.67. The van der Waals surface area contributed by atoms with E-state index < -0.39 is 11.6 Å². The molecule has 1 unspecified atom stereocenters. The SMILES string of the molecule is CC1C(=O)NC(C)(C)C(=O)N1CCSc1ccccc1. The Morgan fingerprint density at radius 3 is 2.55 bits per heavy atom. The summed E-state index contributed by atoms with van der Waals surface area (Å²) in [5, 5.41) is 2.76. The molecule has 108 valence electrons. The highest BCUT2D eigenvalue weighted by atomic mass is 32.2. The Hall–Kier alpha value is -1.49. The van der Waals surface area contributed by atoms with Crippen LogP contribution in [0.15, 0.2) is 35.2 Å². The second-order valence-electron chi connectivity index (χ2n) is 5.45. The van der Waals surface area contributed by atoms with Crippen molar-refractivity contribution in [3.63, 3.8) is 0 Å². The zero-order chi connectivity index (χ0) is 14.8. The van der Waals surface area contributed by atoms with Crippen molar-refractivity contribution in [1.29, 1.82) is 0 Å². The van der Waals surface area contributed by atoms with Gasteiger partial charge >= 0.3 is 0 Å². The minimum Gasteiger partial charge on any atom is -0.340 e. The summed E-state index contributed by atoms with van der Waals surface area (Å²) in [6.45, 7) is 5.85. The van der Waals surface area contributed by atoms with E-state index in [-0.39, 0.29) is 11.8 Å². The number of nitrogens with zero attached hydrogens (tertiary/aromatic N) is 1. The Bertz CT molecular complexity index is 502. The van der Waals surface area contributed by atoms with Crippen molar-refractivity contribution in [2.75, 3.05) is 12.3 Å². The number of thioether (sulfide) groups is 1. The molecule has 0 spiro atoms. The highest BCUT2D eigenvalue weighted by Gasteiger charge is 2.42. The molecule has 1 aliphatic heterocycles. The smallest absolute Gasteiger partial charge is 0.248 e. The van der Waals surface area contributed by atoms with Crippen LogP contribution in [0.2, 0.25) is 0 Å². The van der Waals surface area contributed by atoms with E-state index in [1.54, 1.807) is 37.4 Å². The molecule has 0 aliphatic carbocycles. The molecular formula is C15H20N2O2S. The first-order chi connectivity index (χ1) is 9.42. The van der Waals surface area contributed by atoms with Crippen LogP contribution in [-0.4, -0.2) is 40.6 Å². The monoisotopic (exact) mass is 292 g/mol. The standard InChI is InChI=1S/C15H20N2O2S/c1-11-13(18)16-15(2,3)14(19)17(11)9-10-20-12-7-5-4-6-8-12/h4-8,11H,9-10H2,1-3H3,(H,16,18). The van der Waals surface area contributed by atoms with Crippen LogP contribution in [0, 0.1) is 0 Å². The van der Waals surface area contributed by atoms with E-state index >= 15 is 0 Å². The van der Waals surface area contributed by atoms with Crippen LogP contribution in [0.25, 0.3) is 0 Å². The lowest BCUT2D eigenvalue weighted by Gasteiger charge is -2.41. The third-order valence-electron chi connectivity index (χ3n) is 3.42. The van der Waals surface area contributed by atoms with Gasteiger partial charge in [-0.05, 0) is 32.9 Å². The van der Waals surface area contributed by atoms with E-state index in [9.17, 15) is 9.59 Å². The summed E-state index contributed by atoms with van der Waals surface area (Å²) in [5.74, 6) is 0.682. The fraction of sp³-hybridized carbons (Fsp3) is 0.467. The first-order valence-corrected chi connectivity index (χ1v) is 7.71. The molecule has 2 amide bonds. The van der Waals surface area contributed by atoms with Crippen molar-refractivity contribution >= 4 is 23.6 Å². The molecule has 2 rings (SSSR count). The predicted octanol–water partition coefficient (Wildman–Crippen LogP) is 1.90. The number of hydrogen-bond donors (Lipinski definition) is 1. The van der Waals surface area contributed by atoms with Crippen LogP contribution < -0.4 is 5.32 Å². The van der Waals surface area contributed by atoms with Gasteiger partial charge in [0.25, 0.3) is 0 Å². The number of carbonyl (C=O) groups is 2. The molecule has 0 bridgehead atoms. The number of hydrogen-bond acceptors (Lipinski definition) is 3. The van der Waals surface area contributed by atoms with E-state index in [2.05, 4.69) is 5.32 Å². The van der Waals surface area contributed by atoms with Crippen LogP contribution in [0.5, 0.6) is 0 Å². The Morgan fingerprint density at radius 1 is 1.25 bits per heavy atom. The van der Waals surface area contributed by atoms with Gasteiger partial charge in [-0.3, -0.25) is 9.59 Å². The topological polar surface area (TPSA) is 49.4 Å². The van der Waals surface area contributed by atoms with Crippen molar-refractivity contribution in [3.8, 4) is 0 Å². The average Bonchev–Trinajstić information content (AvgIpc) is 2.41. The van der Waals surface area contributed by atoms with Gasteiger partial charge in [0.2, 0.25) is 11.8 Å². The Kier molecular flexibility index (Phi) is 4.38. The second kappa shape index (κ2) is 5.87. The van der Waals surface area contributed by atoms with Crippen molar-refractivity contribution in [3.05, 3.63) is 30.3 Å². The highest BCUT2D eigenvalue weighted by molar-refractivity contribution is 7.99. The van der Waals surface area contributed by atoms with Crippen molar-refractivity contribution < 1.29 is 9.59 Å². The number of amides is 2. The second-order valence-corrected chi connectivity index (χ2v) is 6.62. The molecule has 1 aliphatic rings. The molecule has 1 aromatic carbocycles. The van der Waals surface area contributed by atoms with E-state index in [0.29, 0.717) is 6.54 Å². The molecule has 0 aromatic heterocycles. The maximum absolute atomic E-state index is 12.3. The average molecular weight is 292 g/mol. The van der Waals surface area contributed by atoms with Crippen LogP contribution >= 0.6 is 11.8 Å². The van der Waals surface area contributed by atoms with Gasteiger partial charge in [0.1, 0.15) is 11.6 Å². The summed E-state index contributed by atoms with van der Waals surface area (Å²) in [6.07, 6.45) is 0. The molecule has 1 N–H and O–H groups in total. The van der Waals surface area contributed by atoms with Gasteiger partial charge in [-0.15, -0.1) is 11.8 Å². The lowest BCUT2D eigenvalue weighted by molar-refractivity contribution is -0.152. The number of piperazine rings is 1. The molecule has 1 aromatic rings. The van der Waals surface area contributed by atoms with E-state index in [1.807, 2.05) is 30.3 Å². The molecule has 20 heavy (non-hydrogen) atoms. The fourth-order valence-electron chi connectivity index (χ4n) is 2.22. The van der Waals surface area contributed by atoms with Gasteiger partial charge in [-0.1, -0.05) is 18.2 Å². The highest BCUT2D eigenvalue weighted by Crippen LogP contribution is 2.21. The first-order valence-electron chi connectivity index (χ1n) is 6.73. The minimum absolute atomic E-state index is 0.0155. The van der Waals surface area contributed by atoms with Crippen molar-refractivity contribution in [1.82, 2.24) is 10.2 Å². The molecule has 1 atom stereocenters. The summed E-state index contributed by atoms with van der Waals surface area (Å²) in [4.78, 5) is 27.1. The largest absolute Gasteiger partial charge is 0.340 e. The van der Waals surface area contributed by atoms with Gasteiger partial charge in [0.05, 0.1) is 0 Å². The third-order valence-corrected chi connectivity index (χ3v) is 4.41. The maximum atomic E-state index is 12.3. The number of benzene rings is 1. The van der Waals surface area contributed by atoms with Crippen LogP contribution in [0.3, 0.4) is 0 Å². The Balaban J connectivity index is 1.96. The Morgan fingerprint density at radius 2 is 1.90 bits per heavy atom. The van der Waals surface area contributed by atoms with Gasteiger partial charge in [-0.2, -0.15) is 0 Å². The van der Waals surface area contributed by atoms with E-state index in [0.717, 1.165) is 5.75 Å². The molecule has 1 heterocycles. The zero-order valence-corrected chi connectivity index (χ0v) is 12.9. The lowest BCUT2D eigenvalue weighted by atomic mass is 9.97. The maximum Gasteiger partial charge on any atom is 0.248 e. The zero-order valence-electron chi connectivity index (χ0n) is 12.1. The summed E-state index contributed by atoms with van der Waals surface area (Å²) in [7, 11) is 0. The van der Waals surface area contributed by atoms with Crippen LogP contribution in [-0.2, 0) is 9.59 Å². The predicted molar refractivity (Wildman–Crippen MR) is 80.6 cm³/mol. The molecule has 1 fully saturated rings. The number of rotatable bonds is 4. The molecule has 5 heteroatoms. The minimum atomic E-state index is -0.805. The number of nitrogens with one attached hydrogen (secondary N) is 1. The van der Waals surface area contributed by atoms with Gasteiger partial charge < -0.3 is 10.2 Å². The van der Waals surface area contributed by atoms with Gasteiger partial charge in [0, 0.05) is 17.2 Å². The number of carbonyl (C=O) groups excluding carboxylic acids is 2. The molecule has 4 nitrogen and oxygen atoms in total. The molecular weight excluding hydrogens is 272 g/mol. The third kappa shape index (κ3) is 3.15. The van der Waals surface area contributed by atoms with Crippen molar-refractivity contribution in [2.24, 2.45) is 0 Å². The van der Waals surface area contributed by atoms with Gasteiger partial charge in [-0.25, -0.2) is 0 Å². The van der Waals surface area contributed by atoms with Crippen LogP contribution in [0.4, 0.5) is 0 Å². The summed E-state index contributed by atoms with van der Waals surface area (Å²) < 4.78 is 0. The van der Waals surface area contributed by atoms with Crippen molar-refractivity contribution in [2.45, 2.75) is 37.2 Å². The summed E-state index contributed by atoms with van der Waals surface area (Å²) >= 11 is 1.69. The normalized spacial score (nSPS) is 21.8. The summed E-state index contributed by atoms with van der Waals surface area (Å²) in [6, 6.07) is 9.66. The first kappa shape index (κ1) is 14.9.